The molecule has 32 heavy (non-hydrogen) atoms. The second-order valence-corrected chi connectivity index (χ2v) is 8.25. The van der Waals surface area contributed by atoms with E-state index in [2.05, 4.69) is 46.2 Å². The molecule has 174 valence electrons. The quantitative estimate of drug-likeness (QED) is 0.390. The predicted octanol–water partition coefficient (Wildman–Crippen LogP) is 1.96. The highest BCUT2D eigenvalue weighted by atomic mass is 35.5. The third kappa shape index (κ3) is 7.55. The SMILES string of the molecule is O=C(COCCN1CCN([C@H](c2ccccc2)c2ccc(Cl)cc2)CC1)OCC(O)CO. The number of piperazine rings is 1. The molecule has 0 saturated carbocycles. The van der Waals surface area contributed by atoms with Crippen LogP contribution in [0, 0.1) is 0 Å². The second-order valence-electron chi connectivity index (χ2n) is 7.81. The summed E-state index contributed by atoms with van der Waals surface area (Å²) in [4.78, 5) is 16.4. The van der Waals surface area contributed by atoms with Gasteiger partial charge in [-0.2, -0.15) is 0 Å². The summed E-state index contributed by atoms with van der Waals surface area (Å²) in [5, 5.41) is 18.6. The minimum Gasteiger partial charge on any atom is -0.461 e. The van der Waals surface area contributed by atoms with Gasteiger partial charge in [0.25, 0.3) is 0 Å². The van der Waals surface area contributed by atoms with Gasteiger partial charge in [-0.15, -0.1) is 0 Å². The van der Waals surface area contributed by atoms with Crippen molar-refractivity contribution in [3.05, 3.63) is 70.7 Å². The van der Waals surface area contributed by atoms with Crippen LogP contribution in [0.25, 0.3) is 0 Å². The Morgan fingerprint density at radius 1 is 1.00 bits per heavy atom. The molecule has 1 unspecified atom stereocenters. The fourth-order valence-electron chi connectivity index (χ4n) is 3.77. The van der Waals surface area contributed by atoms with Gasteiger partial charge in [-0.1, -0.05) is 54.1 Å². The monoisotopic (exact) mass is 462 g/mol. The molecule has 1 aliphatic heterocycles. The number of rotatable bonds is 11. The standard InChI is InChI=1S/C24H31ClN2O5/c25-21-8-6-20(7-9-21)24(19-4-2-1-3-5-19)27-12-10-26(11-13-27)14-15-31-18-23(30)32-17-22(29)16-28/h1-9,22,24,28-29H,10-18H2/t22?,24-/m1/s1. The van der Waals surface area contributed by atoms with Gasteiger partial charge in [0.1, 0.15) is 19.3 Å². The van der Waals surface area contributed by atoms with E-state index in [4.69, 9.17) is 26.2 Å². The van der Waals surface area contributed by atoms with Crippen LogP contribution in [0.15, 0.2) is 54.6 Å². The second kappa shape index (κ2) is 12.9. The number of hydrogen-bond donors (Lipinski definition) is 2. The summed E-state index contributed by atoms with van der Waals surface area (Å²) in [7, 11) is 0. The first-order chi connectivity index (χ1) is 15.6. The molecule has 1 aliphatic rings. The number of aliphatic hydroxyl groups excluding tert-OH is 2. The lowest BCUT2D eigenvalue weighted by Gasteiger charge is -2.39. The molecule has 0 aromatic heterocycles. The van der Waals surface area contributed by atoms with Crippen LogP contribution in [0.1, 0.15) is 17.2 Å². The molecule has 2 aromatic carbocycles. The molecule has 0 aliphatic carbocycles. The molecule has 2 N–H and O–H groups in total. The van der Waals surface area contributed by atoms with E-state index in [1.165, 1.54) is 11.1 Å². The van der Waals surface area contributed by atoms with Crippen molar-refractivity contribution in [1.29, 1.82) is 0 Å². The number of benzene rings is 2. The van der Waals surface area contributed by atoms with Crippen LogP contribution in [-0.4, -0.2) is 91.2 Å². The van der Waals surface area contributed by atoms with Crippen molar-refractivity contribution in [1.82, 2.24) is 9.80 Å². The highest BCUT2D eigenvalue weighted by Crippen LogP contribution is 2.30. The first kappa shape index (κ1) is 24.6. The number of aliphatic hydroxyl groups is 2. The number of nitrogens with zero attached hydrogens (tertiary/aromatic N) is 2. The lowest BCUT2D eigenvalue weighted by atomic mass is 9.96. The molecular weight excluding hydrogens is 432 g/mol. The zero-order chi connectivity index (χ0) is 22.8. The Hall–Kier alpha value is -2.00. The summed E-state index contributed by atoms with van der Waals surface area (Å²) in [5.74, 6) is -0.545. The average molecular weight is 463 g/mol. The van der Waals surface area contributed by atoms with Gasteiger partial charge in [0.2, 0.25) is 0 Å². The van der Waals surface area contributed by atoms with E-state index in [0.717, 1.165) is 37.7 Å². The van der Waals surface area contributed by atoms with Crippen LogP contribution < -0.4 is 0 Å². The first-order valence-electron chi connectivity index (χ1n) is 10.9. The van der Waals surface area contributed by atoms with Gasteiger partial charge in [-0.05, 0) is 23.3 Å². The van der Waals surface area contributed by atoms with Crippen molar-refractivity contribution >= 4 is 17.6 Å². The van der Waals surface area contributed by atoms with Gasteiger partial charge in [0, 0.05) is 37.7 Å². The summed E-state index contributed by atoms with van der Waals surface area (Å²) in [6.45, 7) is 3.99. The summed E-state index contributed by atoms with van der Waals surface area (Å²) in [6.07, 6.45) is -1.05. The molecule has 1 heterocycles. The fourth-order valence-corrected chi connectivity index (χ4v) is 3.90. The molecule has 0 spiro atoms. The molecular formula is C24H31ClN2O5. The van der Waals surface area contributed by atoms with E-state index in [1.54, 1.807) is 0 Å². The molecule has 0 bridgehead atoms. The minimum absolute atomic E-state index is 0.162. The Bertz CT molecular complexity index is 813. The molecule has 0 amide bonds. The van der Waals surface area contributed by atoms with Crippen LogP contribution in [0.5, 0.6) is 0 Å². The molecule has 7 nitrogen and oxygen atoms in total. The zero-order valence-electron chi connectivity index (χ0n) is 18.1. The molecule has 3 rings (SSSR count). The van der Waals surface area contributed by atoms with E-state index in [1.807, 2.05) is 18.2 Å². The molecule has 8 heteroatoms. The Morgan fingerprint density at radius 2 is 1.66 bits per heavy atom. The zero-order valence-corrected chi connectivity index (χ0v) is 18.9. The van der Waals surface area contributed by atoms with Crippen molar-refractivity contribution in [3.8, 4) is 0 Å². The van der Waals surface area contributed by atoms with Crippen molar-refractivity contribution in [3.63, 3.8) is 0 Å². The normalized spacial score (nSPS) is 17.1. The Morgan fingerprint density at radius 3 is 2.31 bits per heavy atom. The summed E-state index contributed by atoms with van der Waals surface area (Å²) < 4.78 is 10.2. The first-order valence-corrected chi connectivity index (χ1v) is 11.2. The van der Waals surface area contributed by atoms with Crippen LogP contribution >= 0.6 is 11.6 Å². The number of esters is 1. The van der Waals surface area contributed by atoms with Gasteiger partial charge in [-0.3, -0.25) is 9.80 Å². The van der Waals surface area contributed by atoms with Gasteiger partial charge in [-0.25, -0.2) is 4.79 Å². The molecule has 0 radical (unpaired) electrons. The number of ether oxygens (including phenoxy) is 2. The Labute approximate surface area is 194 Å². The highest BCUT2D eigenvalue weighted by molar-refractivity contribution is 6.30. The smallest absolute Gasteiger partial charge is 0.332 e. The fraction of sp³-hybridized carbons (Fsp3) is 0.458. The van der Waals surface area contributed by atoms with Gasteiger partial charge >= 0.3 is 5.97 Å². The summed E-state index contributed by atoms with van der Waals surface area (Å²) in [5.41, 5.74) is 2.48. The average Bonchev–Trinajstić information content (AvgIpc) is 2.83. The summed E-state index contributed by atoms with van der Waals surface area (Å²) >= 11 is 6.10. The van der Waals surface area contributed by atoms with E-state index >= 15 is 0 Å². The van der Waals surface area contributed by atoms with Crippen LogP contribution in [-0.2, 0) is 14.3 Å². The maximum absolute atomic E-state index is 11.6. The van der Waals surface area contributed by atoms with Gasteiger partial charge < -0.3 is 19.7 Å². The lowest BCUT2D eigenvalue weighted by molar-refractivity contribution is -0.152. The van der Waals surface area contributed by atoms with Crippen molar-refractivity contribution in [2.45, 2.75) is 12.1 Å². The van der Waals surface area contributed by atoms with Gasteiger partial charge in [0.05, 0.1) is 19.3 Å². The largest absolute Gasteiger partial charge is 0.461 e. The van der Waals surface area contributed by atoms with Crippen molar-refractivity contribution < 1.29 is 24.5 Å². The number of halogens is 1. The van der Waals surface area contributed by atoms with Crippen molar-refractivity contribution in [2.75, 3.05) is 59.2 Å². The molecule has 1 saturated heterocycles. The predicted molar refractivity (Wildman–Crippen MR) is 123 cm³/mol. The van der Waals surface area contributed by atoms with E-state index in [9.17, 15) is 9.90 Å². The number of carbonyl (C=O) groups excluding carboxylic acids is 1. The third-order valence-electron chi connectivity index (χ3n) is 5.49. The van der Waals surface area contributed by atoms with Crippen LogP contribution in [0.2, 0.25) is 5.02 Å². The maximum Gasteiger partial charge on any atom is 0.332 e. The molecule has 1 fully saturated rings. The Balaban J connectivity index is 1.46. The highest BCUT2D eigenvalue weighted by Gasteiger charge is 2.26. The summed E-state index contributed by atoms with van der Waals surface area (Å²) in [6, 6.07) is 18.8. The van der Waals surface area contributed by atoms with Crippen molar-refractivity contribution in [2.24, 2.45) is 0 Å². The molecule has 2 atom stereocenters. The Kier molecular flexibility index (Phi) is 9.92. The van der Waals surface area contributed by atoms with Gasteiger partial charge in [0.15, 0.2) is 0 Å². The topological polar surface area (TPSA) is 82.5 Å². The van der Waals surface area contributed by atoms with E-state index in [0.29, 0.717) is 6.61 Å². The maximum atomic E-state index is 11.6. The number of carbonyl (C=O) groups is 1. The lowest BCUT2D eigenvalue weighted by Crippen LogP contribution is -2.48. The van der Waals surface area contributed by atoms with Crippen LogP contribution in [0.3, 0.4) is 0 Å². The minimum atomic E-state index is -1.05. The third-order valence-corrected chi connectivity index (χ3v) is 5.74. The number of hydrogen-bond acceptors (Lipinski definition) is 7. The molecule has 2 aromatic rings. The van der Waals surface area contributed by atoms with E-state index in [-0.39, 0.29) is 19.3 Å². The van der Waals surface area contributed by atoms with Crippen LogP contribution in [0.4, 0.5) is 0 Å². The van der Waals surface area contributed by atoms with E-state index < -0.39 is 18.7 Å².